The van der Waals surface area contributed by atoms with Gasteiger partial charge in [-0.3, -0.25) is 0 Å². The molecule has 0 atom stereocenters. The molecule has 0 saturated carbocycles. The first-order valence-corrected chi connectivity index (χ1v) is 7.48. The number of thiocarbonyl (C=S) groups is 1. The van der Waals surface area contributed by atoms with Gasteiger partial charge in [0.05, 0.1) is 5.56 Å². The molecule has 2 nitrogen and oxygen atoms in total. The van der Waals surface area contributed by atoms with Crippen molar-refractivity contribution in [2.45, 2.75) is 33.6 Å². The van der Waals surface area contributed by atoms with Crippen molar-refractivity contribution in [1.29, 1.82) is 0 Å². The van der Waals surface area contributed by atoms with Gasteiger partial charge in [-0.1, -0.05) is 44.3 Å². The van der Waals surface area contributed by atoms with Gasteiger partial charge in [0, 0.05) is 0 Å². The zero-order valence-electron chi connectivity index (χ0n) is 12.9. The van der Waals surface area contributed by atoms with Crippen LogP contribution in [-0.2, 0) is 0 Å². The van der Waals surface area contributed by atoms with Crippen LogP contribution in [0.2, 0.25) is 0 Å². The highest BCUT2D eigenvalue weighted by atomic mass is 32.1. The summed E-state index contributed by atoms with van der Waals surface area (Å²) in [5.74, 6) is 2.02. The number of aryl methyl sites for hydroxylation is 2. The van der Waals surface area contributed by atoms with Crippen molar-refractivity contribution < 1.29 is 4.74 Å². The molecule has 2 aromatic rings. The molecule has 0 heterocycles. The summed E-state index contributed by atoms with van der Waals surface area (Å²) in [4.78, 5) is 0.350. The quantitative estimate of drug-likeness (QED) is 0.819. The molecular weight excluding hydrogens is 278 g/mol. The third kappa shape index (κ3) is 3.61. The summed E-state index contributed by atoms with van der Waals surface area (Å²) in [6.07, 6.45) is 0. The molecule has 0 spiro atoms. The predicted octanol–water partition coefficient (Wildman–Crippen LogP) is 4.85. The minimum atomic E-state index is 0.350. The SMILES string of the molecule is Cc1ccc(C(N)=S)c(Oc2cc(C(C)C)ccc2C)c1. The Kier molecular flexibility index (Phi) is 4.63. The van der Waals surface area contributed by atoms with E-state index in [0.717, 1.165) is 22.4 Å². The molecule has 0 unspecified atom stereocenters. The molecular formula is C18H21NOS. The van der Waals surface area contributed by atoms with Gasteiger partial charge in [0.2, 0.25) is 0 Å². The van der Waals surface area contributed by atoms with Crippen LogP contribution in [0.5, 0.6) is 11.5 Å². The fraction of sp³-hybridized carbons (Fsp3) is 0.278. The first-order chi connectivity index (χ1) is 9.88. The molecule has 0 bridgehead atoms. The first kappa shape index (κ1) is 15.5. The van der Waals surface area contributed by atoms with Crippen LogP contribution >= 0.6 is 12.2 Å². The van der Waals surface area contributed by atoms with Gasteiger partial charge < -0.3 is 10.5 Å². The molecule has 0 aromatic heterocycles. The lowest BCUT2D eigenvalue weighted by Crippen LogP contribution is -2.11. The van der Waals surface area contributed by atoms with E-state index in [1.165, 1.54) is 5.56 Å². The van der Waals surface area contributed by atoms with Crippen molar-refractivity contribution in [1.82, 2.24) is 0 Å². The lowest BCUT2D eigenvalue weighted by Gasteiger charge is -2.15. The molecule has 2 rings (SSSR count). The maximum Gasteiger partial charge on any atom is 0.137 e. The maximum absolute atomic E-state index is 6.11. The Labute approximate surface area is 131 Å². The fourth-order valence-electron chi connectivity index (χ4n) is 2.12. The van der Waals surface area contributed by atoms with Crippen LogP contribution in [-0.4, -0.2) is 4.99 Å². The van der Waals surface area contributed by atoms with Crippen LogP contribution in [0.25, 0.3) is 0 Å². The van der Waals surface area contributed by atoms with E-state index in [1.54, 1.807) is 0 Å². The molecule has 2 aromatic carbocycles. The second-order valence-corrected chi connectivity index (χ2v) is 6.09. The second kappa shape index (κ2) is 6.27. The third-order valence-electron chi connectivity index (χ3n) is 3.50. The van der Waals surface area contributed by atoms with Crippen molar-refractivity contribution in [2.75, 3.05) is 0 Å². The van der Waals surface area contributed by atoms with Gasteiger partial charge in [-0.2, -0.15) is 0 Å². The summed E-state index contributed by atoms with van der Waals surface area (Å²) in [5, 5.41) is 0. The monoisotopic (exact) mass is 299 g/mol. The Balaban J connectivity index is 2.44. The zero-order chi connectivity index (χ0) is 15.6. The van der Waals surface area contributed by atoms with E-state index in [4.69, 9.17) is 22.7 Å². The minimum absolute atomic E-state index is 0.350. The summed E-state index contributed by atoms with van der Waals surface area (Å²) < 4.78 is 6.11. The molecule has 0 radical (unpaired) electrons. The maximum atomic E-state index is 6.11. The van der Waals surface area contributed by atoms with E-state index >= 15 is 0 Å². The Morgan fingerprint density at radius 2 is 1.76 bits per heavy atom. The Bertz CT molecular complexity index is 677. The zero-order valence-corrected chi connectivity index (χ0v) is 13.8. The molecule has 21 heavy (non-hydrogen) atoms. The summed E-state index contributed by atoms with van der Waals surface area (Å²) in [7, 11) is 0. The molecule has 0 fully saturated rings. The highest BCUT2D eigenvalue weighted by molar-refractivity contribution is 7.80. The molecule has 0 aliphatic rings. The number of nitrogens with two attached hydrogens (primary N) is 1. The smallest absolute Gasteiger partial charge is 0.137 e. The summed E-state index contributed by atoms with van der Waals surface area (Å²) in [6, 6.07) is 12.2. The van der Waals surface area contributed by atoms with E-state index < -0.39 is 0 Å². The van der Waals surface area contributed by atoms with Crippen molar-refractivity contribution in [3.05, 3.63) is 58.7 Å². The number of rotatable bonds is 4. The molecule has 110 valence electrons. The first-order valence-electron chi connectivity index (χ1n) is 7.07. The summed E-state index contributed by atoms with van der Waals surface area (Å²) in [6.45, 7) is 8.40. The average Bonchev–Trinajstić information content (AvgIpc) is 2.40. The molecule has 0 saturated heterocycles. The average molecular weight is 299 g/mol. The predicted molar refractivity (Wildman–Crippen MR) is 92.4 cm³/mol. The molecule has 0 amide bonds. The van der Waals surface area contributed by atoms with E-state index in [0.29, 0.717) is 16.7 Å². The third-order valence-corrected chi connectivity index (χ3v) is 3.72. The largest absolute Gasteiger partial charge is 0.456 e. The lowest BCUT2D eigenvalue weighted by atomic mass is 10.0. The van der Waals surface area contributed by atoms with Gasteiger partial charge in [0.25, 0.3) is 0 Å². The van der Waals surface area contributed by atoms with Crippen molar-refractivity contribution in [3.63, 3.8) is 0 Å². The number of benzene rings is 2. The van der Waals surface area contributed by atoms with Crippen LogP contribution < -0.4 is 10.5 Å². The van der Waals surface area contributed by atoms with Gasteiger partial charge >= 0.3 is 0 Å². The topological polar surface area (TPSA) is 35.2 Å². The Morgan fingerprint density at radius 3 is 2.38 bits per heavy atom. The van der Waals surface area contributed by atoms with Crippen molar-refractivity contribution in [3.8, 4) is 11.5 Å². The lowest BCUT2D eigenvalue weighted by molar-refractivity contribution is 0.476. The van der Waals surface area contributed by atoms with Crippen LogP contribution in [0.4, 0.5) is 0 Å². The van der Waals surface area contributed by atoms with E-state index in [-0.39, 0.29) is 0 Å². The van der Waals surface area contributed by atoms with Crippen LogP contribution in [0, 0.1) is 13.8 Å². The highest BCUT2D eigenvalue weighted by Crippen LogP contribution is 2.31. The van der Waals surface area contributed by atoms with Crippen molar-refractivity contribution in [2.24, 2.45) is 5.73 Å². The normalized spacial score (nSPS) is 10.7. The van der Waals surface area contributed by atoms with Gasteiger partial charge in [-0.25, -0.2) is 0 Å². The number of hydrogen-bond acceptors (Lipinski definition) is 2. The minimum Gasteiger partial charge on any atom is -0.456 e. The summed E-state index contributed by atoms with van der Waals surface area (Å²) >= 11 is 5.11. The molecule has 3 heteroatoms. The standard InChI is InChI=1S/C18H21NOS/c1-11(2)14-7-6-13(4)16(10-14)20-17-9-12(3)5-8-15(17)18(19)21/h5-11H,1-4H3,(H2,19,21). The highest BCUT2D eigenvalue weighted by Gasteiger charge is 2.11. The Hall–Kier alpha value is -1.87. The van der Waals surface area contributed by atoms with Crippen LogP contribution in [0.1, 0.15) is 42.0 Å². The van der Waals surface area contributed by atoms with Gasteiger partial charge in [-0.05, 0) is 54.7 Å². The fourth-order valence-corrected chi connectivity index (χ4v) is 2.29. The van der Waals surface area contributed by atoms with E-state index in [1.807, 2.05) is 32.0 Å². The molecule has 0 aliphatic carbocycles. The number of hydrogen-bond donors (Lipinski definition) is 1. The summed E-state index contributed by atoms with van der Waals surface area (Å²) in [5.41, 5.74) is 10.0. The van der Waals surface area contributed by atoms with E-state index in [2.05, 4.69) is 32.0 Å². The van der Waals surface area contributed by atoms with Crippen molar-refractivity contribution >= 4 is 17.2 Å². The van der Waals surface area contributed by atoms with Crippen LogP contribution in [0.15, 0.2) is 36.4 Å². The van der Waals surface area contributed by atoms with Gasteiger partial charge in [-0.15, -0.1) is 0 Å². The molecule has 0 aliphatic heterocycles. The van der Waals surface area contributed by atoms with Gasteiger partial charge in [0.15, 0.2) is 0 Å². The number of ether oxygens (including phenoxy) is 1. The Morgan fingerprint density at radius 1 is 1.05 bits per heavy atom. The van der Waals surface area contributed by atoms with Gasteiger partial charge in [0.1, 0.15) is 16.5 Å². The van der Waals surface area contributed by atoms with E-state index in [9.17, 15) is 0 Å². The van der Waals surface area contributed by atoms with Crippen LogP contribution in [0.3, 0.4) is 0 Å². The second-order valence-electron chi connectivity index (χ2n) is 5.65. The molecule has 2 N–H and O–H groups in total.